The van der Waals surface area contributed by atoms with Gasteiger partial charge in [-0.25, -0.2) is 4.39 Å². The molecule has 1 aromatic carbocycles. The van der Waals surface area contributed by atoms with Gasteiger partial charge in [-0.15, -0.1) is 11.6 Å². The Morgan fingerprint density at radius 2 is 2.22 bits per heavy atom. The summed E-state index contributed by atoms with van der Waals surface area (Å²) in [7, 11) is 0. The maximum atomic E-state index is 13.4. The van der Waals surface area contributed by atoms with Crippen LogP contribution in [0, 0.1) is 11.2 Å². The Bertz CT molecular complexity index is 440. The number of halogens is 2. The number of aromatic hydroxyl groups is 1. The molecule has 1 aliphatic carbocycles. The van der Waals surface area contributed by atoms with Crippen molar-refractivity contribution in [3.05, 3.63) is 29.6 Å². The minimum absolute atomic E-state index is 0.0816. The first-order chi connectivity index (χ1) is 8.58. The summed E-state index contributed by atoms with van der Waals surface area (Å²) in [5.41, 5.74) is -0.211. The van der Waals surface area contributed by atoms with Crippen molar-refractivity contribution >= 4 is 17.5 Å². The van der Waals surface area contributed by atoms with Crippen LogP contribution >= 0.6 is 11.6 Å². The number of carbonyl (C=O) groups excluding carboxylic acids is 1. The van der Waals surface area contributed by atoms with Crippen molar-refractivity contribution in [2.24, 2.45) is 5.41 Å². The minimum Gasteiger partial charge on any atom is -0.507 e. The van der Waals surface area contributed by atoms with E-state index in [-0.39, 0.29) is 16.7 Å². The van der Waals surface area contributed by atoms with Crippen molar-refractivity contribution in [1.29, 1.82) is 0 Å². The van der Waals surface area contributed by atoms with Crippen LogP contribution in [0.1, 0.15) is 29.6 Å². The number of phenolic OH excluding ortho intramolecular Hbond substituents is 1. The molecule has 2 rings (SSSR count). The van der Waals surface area contributed by atoms with E-state index in [0.717, 1.165) is 25.3 Å². The molecule has 0 aliphatic heterocycles. The van der Waals surface area contributed by atoms with Gasteiger partial charge in [-0.1, -0.05) is 6.07 Å². The lowest BCUT2D eigenvalue weighted by atomic mass is 10.0. The summed E-state index contributed by atoms with van der Waals surface area (Å²) in [5.74, 6) is -1.07. The van der Waals surface area contributed by atoms with Crippen LogP contribution in [0.2, 0.25) is 0 Å². The maximum absolute atomic E-state index is 13.4. The van der Waals surface area contributed by atoms with Crippen molar-refractivity contribution in [1.82, 2.24) is 5.32 Å². The smallest absolute Gasteiger partial charge is 0.258 e. The van der Waals surface area contributed by atoms with Crippen LogP contribution in [0.15, 0.2) is 18.2 Å². The van der Waals surface area contributed by atoms with Gasteiger partial charge >= 0.3 is 0 Å². The monoisotopic (exact) mass is 271 g/mol. The molecule has 0 radical (unpaired) electrons. The van der Waals surface area contributed by atoms with Gasteiger partial charge in [-0.2, -0.15) is 0 Å². The molecule has 3 nitrogen and oxygen atoms in total. The zero-order valence-electron chi connectivity index (χ0n) is 9.88. The lowest BCUT2D eigenvalue weighted by Crippen LogP contribution is -2.31. The third-order valence-electron chi connectivity index (χ3n) is 3.42. The van der Waals surface area contributed by atoms with Crippen LogP contribution in [0.4, 0.5) is 4.39 Å². The third kappa shape index (κ3) is 2.75. The highest BCUT2D eigenvalue weighted by atomic mass is 35.5. The lowest BCUT2D eigenvalue weighted by molar-refractivity contribution is 0.0937. The highest BCUT2D eigenvalue weighted by Gasteiger charge is 2.42. The second-order valence-corrected chi connectivity index (χ2v) is 5.13. The van der Waals surface area contributed by atoms with Crippen molar-refractivity contribution in [3.8, 4) is 5.75 Å². The highest BCUT2D eigenvalue weighted by Crippen LogP contribution is 2.48. The molecule has 18 heavy (non-hydrogen) atoms. The van der Waals surface area contributed by atoms with Crippen LogP contribution in [0.3, 0.4) is 0 Å². The van der Waals surface area contributed by atoms with Crippen LogP contribution in [-0.4, -0.2) is 23.4 Å². The van der Waals surface area contributed by atoms with Gasteiger partial charge in [-0.05, 0) is 36.8 Å². The van der Waals surface area contributed by atoms with Crippen molar-refractivity contribution in [3.63, 3.8) is 0 Å². The van der Waals surface area contributed by atoms with Gasteiger partial charge in [0.2, 0.25) is 0 Å². The standard InChI is InChI=1S/C13H15ClFNO2/c14-7-6-13(4-5-13)8-16-12(18)11-9(15)2-1-3-10(11)17/h1-3,17H,4-8H2,(H,16,18). The zero-order valence-corrected chi connectivity index (χ0v) is 10.6. The molecule has 5 heteroatoms. The molecule has 1 aliphatic rings. The fraction of sp³-hybridized carbons (Fsp3) is 0.462. The summed E-state index contributed by atoms with van der Waals surface area (Å²) in [5, 5.41) is 12.2. The number of nitrogens with one attached hydrogen (secondary N) is 1. The van der Waals surface area contributed by atoms with Crippen molar-refractivity contribution < 1.29 is 14.3 Å². The quantitative estimate of drug-likeness (QED) is 0.809. The molecule has 0 bridgehead atoms. The second kappa shape index (κ2) is 5.14. The fourth-order valence-corrected chi connectivity index (χ4v) is 2.39. The molecular formula is C13H15ClFNO2. The van der Waals surface area contributed by atoms with Crippen LogP contribution in [-0.2, 0) is 0 Å². The average Bonchev–Trinajstić information content (AvgIpc) is 3.07. The van der Waals surface area contributed by atoms with Crippen LogP contribution < -0.4 is 5.32 Å². The number of phenols is 1. The molecule has 2 N–H and O–H groups in total. The largest absolute Gasteiger partial charge is 0.507 e. The molecule has 0 aromatic heterocycles. The zero-order chi connectivity index (χ0) is 13.2. The topological polar surface area (TPSA) is 49.3 Å². The Labute approximate surface area is 110 Å². The van der Waals surface area contributed by atoms with E-state index in [2.05, 4.69) is 5.32 Å². The summed E-state index contributed by atoms with van der Waals surface area (Å²) in [6, 6.07) is 3.81. The number of alkyl halides is 1. The molecule has 0 unspecified atom stereocenters. The number of benzene rings is 1. The number of rotatable bonds is 5. The molecular weight excluding hydrogens is 257 g/mol. The van der Waals surface area contributed by atoms with E-state index in [0.29, 0.717) is 12.4 Å². The van der Waals surface area contributed by atoms with Gasteiger partial charge < -0.3 is 10.4 Å². The molecule has 1 aromatic rings. The molecule has 1 saturated carbocycles. The third-order valence-corrected chi connectivity index (χ3v) is 3.61. The van der Waals surface area contributed by atoms with E-state index in [9.17, 15) is 14.3 Å². The first-order valence-corrected chi connectivity index (χ1v) is 6.43. The van der Waals surface area contributed by atoms with Gasteiger partial charge in [0.15, 0.2) is 0 Å². The van der Waals surface area contributed by atoms with Gasteiger partial charge in [0, 0.05) is 12.4 Å². The first-order valence-electron chi connectivity index (χ1n) is 5.90. The summed E-state index contributed by atoms with van der Waals surface area (Å²) in [6.45, 7) is 0.478. The fourth-order valence-electron chi connectivity index (χ4n) is 1.99. The Morgan fingerprint density at radius 1 is 1.50 bits per heavy atom. The van der Waals surface area contributed by atoms with E-state index >= 15 is 0 Å². The molecule has 98 valence electrons. The number of hydrogen-bond donors (Lipinski definition) is 2. The second-order valence-electron chi connectivity index (χ2n) is 4.76. The predicted octanol–water partition coefficient (Wildman–Crippen LogP) is 2.67. The SMILES string of the molecule is O=C(NCC1(CCCl)CC1)c1c(O)cccc1F. The van der Waals surface area contributed by atoms with E-state index in [1.807, 2.05) is 0 Å². The minimum atomic E-state index is -0.713. The maximum Gasteiger partial charge on any atom is 0.258 e. The summed E-state index contributed by atoms with van der Waals surface area (Å²) in [6.07, 6.45) is 2.91. The molecule has 0 spiro atoms. The van der Waals surface area contributed by atoms with Gasteiger partial charge in [0.1, 0.15) is 17.1 Å². The Hall–Kier alpha value is -1.29. The van der Waals surface area contributed by atoms with Crippen molar-refractivity contribution in [2.75, 3.05) is 12.4 Å². The summed E-state index contributed by atoms with van der Waals surface area (Å²) < 4.78 is 13.4. The predicted molar refractivity (Wildman–Crippen MR) is 67.4 cm³/mol. The average molecular weight is 272 g/mol. The van der Waals surface area contributed by atoms with Gasteiger partial charge in [0.05, 0.1) is 0 Å². The Morgan fingerprint density at radius 3 is 2.78 bits per heavy atom. The number of hydrogen-bond acceptors (Lipinski definition) is 2. The molecule has 1 amide bonds. The Balaban J connectivity index is 2.00. The van der Waals surface area contributed by atoms with Crippen LogP contribution in [0.5, 0.6) is 5.75 Å². The van der Waals surface area contributed by atoms with Crippen molar-refractivity contribution in [2.45, 2.75) is 19.3 Å². The molecule has 0 heterocycles. The van der Waals surface area contributed by atoms with Crippen LogP contribution in [0.25, 0.3) is 0 Å². The molecule has 1 fully saturated rings. The van der Waals surface area contributed by atoms with E-state index in [1.165, 1.54) is 12.1 Å². The molecule has 0 saturated heterocycles. The first kappa shape index (κ1) is 13.1. The molecule has 0 atom stereocenters. The highest BCUT2D eigenvalue weighted by molar-refractivity contribution is 6.17. The van der Waals surface area contributed by atoms with E-state index in [1.54, 1.807) is 0 Å². The number of amides is 1. The normalized spacial score (nSPS) is 16.3. The summed E-state index contributed by atoms with van der Waals surface area (Å²) in [4.78, 5) is 11.8. The van der Waals surface area contributed by atoms with E-state index in [4.69, 9.17) is 11.6 Å². The van der Waals surface area contributed by atoms with Gasteiger partial charge in [-0.3, -0.25) is 4.79 Å². The van der Waals surface area contributed by atoms with Gasteiger partial charge in [0.25, 0.3) is 5.91 Å². The summed E-state index contributed by atoms with van der Waals surface area (Å²) >= 11 is 5.70. The Kier molecular flexibility index (Phi) is 3.76. The lowest BCUT2D eigenvalue weighted by Gasteiger charge is -2.15. The number of carbonyl (C=O) groups is 1. The van der Waals surface area contributed by atoms with E-state index < -0.39 is 11.7 Å².